The number of nitrogens with zero attached hydrogens (tertiary/aromatic N) is 1. The molecule has 0 radical (unpaired) electrons. The topological polar surface area (TPSA) is 76.2 Å². The number of pyridine rings is 1. The van der Waals surface area contributed by atoms with Crippen molar-refractivity contribution >= 4 is 22.5 Å². The molecule has 1 rings (SSSR count). The van der Waals surface area contributed by atoms with Gasteiger partial charge in [0, 0.05) is 0 Å². The molecule has 1 aromatic rings. The van der Waals surface area contributed by atoms with E-state index in [-0.39, 0.29) is 0 Å². The molecule has 0 fully saturated rings. The van der Waals surface area contributed by atoms with E-state index in [1.54, 1.807) is 0 Å². The fraction of sp³-hybridized carbons (Fsp3) is 0.143. The summed E-state index contributed by atoms with van der Waals surface area (Å²) in [5.74, 6) is -0.619. The van der Waals surface area contributed by atoms with E-state index < -0.39 is 34.4 Å². The summed E-state index contributed by atoms with van der Waals surface area (Å²) in [7, 11) is 0. The van der Waals surface area contributed by atoms with Crippen molar-refractivity contribution in [2.45, 2.75) is 6.43 Å². The summed E-state index contributed by atoms with van der Waals surface area (Å²) in [6, 6.07) is 0. The third-order valence-corrected chi connectivity index (χ3v) is 1.72. The number of anilines is 1. The van der Waals surface area contributed by atoms with E-state index in [9.17, 15) is 13.6 Å². The van der Waals surface area contributed by atoms with Crippen molar-refractivity contribution in [3.05, 3.63) is 17.5 Å². The maximum atomic E-state index is 12.2. The fourth-order valence-electron chi connectivity index (χ4n) is 0.911. The molecule has 0 saturated carbocycles. The molecule has 76 valence electrons. The zero-order valence-electron chi connectivity index (χ0n) is 6.67. The maximum absolute atomic E-state index is 12.2. The Morgan fingerprint density at radius 2 is 2.21 bits per heavy atom. The Balaban J connectivity index is 3.41. The van der Waals surface area contributed by atoms with Gasteiger partial charge in [-0.05, 0) is 11.6 Å². The quantitative estimate of drug-likeness (QED) is 0.747. The molecule has 0 bridgehead atoms. The Labute approximate surface area is 82.3 Å². The van der Waals surface area contributed by atoms with Crippen molar-refractivity contribution in [1.29, 1.82) is 0 Å². The molecule has 0 unspecified atom stereocenters. The monoisotopic (exact) mass is 222 g/mol. The Morgan fingerprint density at radius 3 is 2.64 bits per heavy atom. The van der Waals surface area contributed by atoms with E-state index in [0.29, 0.717) is 6.20 Å². The number of hydrogen-bond acceptors (Lipinski definition) is 4. The molecule has 0 aliphatic heterocycles. The lowest BCUT2D eigenvalue weighted by molar-refractivity contribution is 0.107. The third kappa shape index (κ3) is 1.74. The number of nitrogen functional groups attached to an aromatic ring is 1. The second-order valence-electron chi connectivity index (χ2n) is 2.39. The molecule has 0 spiro atoms. The molecule has 14 heavy (non-hydrogen) atoms. The lowest BCUT2D eigenvalue weighted by Gasteiger charge is -2.07. The maximum Gasteiger partial charge on any atom is 0.282 e. The minimum Gasteiger partial charge on any atom is -0.505 e. The number of aromatic hydroxyl groups is 1. The number of aromatic nitrogens is 1. The molecular weight excluding hydrogens is 218 g/mol. The Kier molecular flexibility index (Phi) is 2.85. The van der Waals surface area contributed by atoms with Crippen LogP contribution >= 0.6 is 11.6 Å². The highest BCUT2D eigenvalue weighted by atomic mass is 35.5. The smallest absolute Gasteiger partial charge is 0.282 e. The lowest BCUT2D eigenvalue weighted by atomic mass is 10.2. The Bertz CT molecular complexity index is 384. The van der Waals surface area contributed by atoms with Crippen LogP contribution in [-0.2, 0) is 0 Å². The number of alkyl halides is 2. The highest BCUT2D eigenvalue weighted by Crippen LogP contribution is 2.31. The van der Waals surface area contributed by atoms with E-state index in [0.717, 1.165) is 0 Å². The predicted octanol–water partition coefficient (Wildman–Crippen LogP) is 1.69. The van der Waals surface area contributed by atoms with Gasteiger partial charge in [0.15, 0.2) is 0 Å². The van der Waals surface area contributed by atoms with Crippen molar-refractivity contribution in [2.24, 2.45) is 0 Å². The van der Waals surface area contributed by atoms with Crippen molar-refractivity contribution < 1.29 is 18.7 Å². The molecule has 0 atom stereocenters. The molecule has 3 N–H and O–H groups in total. The van der Waals surface area contributed by atoms with Crippen LogP contribution < -0.4 is 5.73 Å². The van der Waals surface area contributed by atoms with Crippen LogP contribution in [-0.4, -0.2) is 15.3 Å². The SMILES string of the molecule is Nc1c(C(F)F)ncc(O)c1C(=O)Cl. The van der Waals surface area contributed by atoms with Crippen LogP contribution in [0.2, 0.25) is 0 Å². The molecular formula is C7H5ClF2N2O2. The molecule has 1 heterocycles. The average molecular weight is 223 g/mol. The summed E-state index contributed by atoms with van der Waals surface area (Å²) in [4.78, 5) is 13.9. The van der Waals surface area contributed by atoms with Gasteiger partial charge in [0.25, 0.3) is 11.7 Å². The van der Waals surface area contributed by atoms with E-state index in [4.69, 9.17) is 22.4 Å². The number of carbonyl (C=O) groups excluding carboxylic acids is 1. The van der Waals surface area contributed by atoms with Gasteiger partial charge in [0.1, 0.15) is 17.0 Å². The minimum absolute atomic E-state index is 0.544. The first-order valence-electron chi connectivity index (χ1n) is 3.40. The number of nitrogens with two attached hydrogens (primary N) is 1. The van der Waals surface area contributed by atoms with E-state index >= 15 is 0 Å². The zero-order chi connectivity index (χ0) is 10.9. The average Bonchev–Trinajstić information content (AvgIpc) is 2.02. The molecule has 0 saturated heterocycles. The highest BCUT2D eigenvalue weighted by Gasteiger charge is 2.21. The second kappa shape index (κ2) is 3.75. The summed E-state index contributed by atoms with van der Waals surface area (Å²) >= 11 is 5.04. The molecule has 0 amide bonds. The van der Waals surface area contributed by atoms with Crippen LogP contribution in [0.1, 0.15) is 22.5 Å². The van der Waals surface area contributed by atoms with Gasteiger partial charge >= 0.3 is 0 Å². The minimum atomic E-state index is -2.93. The molecule has 0 aliphatic rings. The fourth-order valence-corrected chi connectivity index (χ4v) is 1.11. The second-order valence-corrected chi connectivity index (χ2v) is 2.74. The Morgan fingerprint density at radius 1 is 1.64 bits per heavy atom. The van der Waals surface area contributed by atoms with Crippen LogP contribution in [0.3, 0.4) is 0 Å². The van der Waals surface area contributed by atoms with Gasteiger partial charge in [-0.15, -0.1) is 0 Å². The largest absolute Gasteiger partial charge is 0.505 e. The van der Waals surface area contributed by atoms with Crippen LogP contribution in [0.5, 0.6) is 5.75 Å². The first-order chi connectivity index (χ1) is 6.45. The summed E-state index contributed by atoms with van der Waals surface area (Å²) in [6.07, 6.45) is -2.22. The summed E-state index contributed by atoms with van der Waals surface area (Å²) in [6.45, 7) is 0. The number of halogens is 3. The van der Waals surface area contributed by atoms with Gasteiger partial charge in [-0.1, -0.05) is 0 Å². The zero-order valence-corrected chi connectivity index (χ0v) is 7.42. The van der Waals surface area contributed by atoms with Gasteiger partial charge in [0.05, 0.1) is 11.9 Å². The van der Waals surface area contributed by atoms with Gasteiger partial charge < -0.3 is 10.8 Å². The van der Waals surface area contributed by atoms with Crippen molar-refractivity contribution in [2.75, 3.05) is 5.73 Å². The number of rotatable bonds is 2. The Hall–Kier alpha value is -1.43. The third-order valence-electron chi connectivity index (χ3n) is 1.53. The normalized spacial score (nSPS) is 10.6. The van der Waals surface area contributed by atoms with Gasteiger partial charge in [-0.25, -0.2) is 13.8 Å². The van der Waals surface area contributed by atoms with Crippen LogP contribution in [0.4, 0.5) is 14.5 Å². The van der Waals surface area contributed by atoms with Crippen molar-refractivity contribution in [1.82, 2.24) is 4.98 Å². The number of hydrogen-bond donors (Lipinski definition) is 2. The number of carbonyl (C=O) groups is 1. The summed E-state index contributed by atoms with van der Waals surface area (Å²) in [5.41, 5.74) is 3.27. The first kappa shape index (κ1) is 10.6. The van der Waals surface area contributed by atoms with Crippen LogP contribution in [0, 0.1) is 0 Å². The summed E-state index contributed by atoms with van der Waals surface area (Å²) in [5, 5.41) is 7.97. The molecule has 7 heteroatoms. The first-order valence-corrected chi connectivity index (χ1v) is 3.78. The summed E-state index contributed by atoms with van der Waals surface area (Å²) < 4.78 is 24.4. The molecule has 0 aromatic carbocycles. The van der Waals surface area contributed by atoms with Crippen LogP contribution in [0.25, 0.3) is 0 Å². The van der Waals surface area contributed by atoms with Gasteiger partial charge in [0.2, 0.25) is 0 Å². The standard InChI is InChI=1S/C7H5ClF2N2O2/c8-6(14)3-2(13)1-12-5(4(3)11)7(9)10/h1,7,13H,11H2. The van der Waals surface area contributed by atoms with E-state index in [2.05, 4.69) is 4.98 Å². The highest BCUT2D eigenvalue weighted by molar-refractivity contribution is 6.68. The van der Waals surface area contributed by atoms with Crippen LogP contribution in [0.15, 0.2) is 6.20 Å². The van der Waals surface area contributed by atoms with E-state index in [1.165, 1.54) is 0 Å². The lowest BCUT2D eigenvalue weighted by Crippen LogP contribution is -2.05. The molecule has 0 aliphatic carbocycles. The van der Waals surface area contributed by atoms with Crippen molar-refractivity contribution in [3.63, 3.8) is 0 Å². The van der Waals surface area contributed by atoms with Gasteiger partial charge in [-0.3, -0.25) is 4.79 Å². The van der Waals surface area contributed by atoms with E-state index in [1.807, 2.05) is 0 Å². The molecule has 4 nitrogen and oxygen atoms in total. The van der Waals surface area contributed by atoms with Gasteiger partial charge in [-0.2, -0.15) is 0 Å². The van der Waals surface area contributed by atoms with Crippen molar-refractivity contribution in [3.8, 4) is 5.75 Å². The predicted molar refractivity (Wildman–Crippen MR) is 45.5 cm³/mol. The molecule has 1 aromatic heterocycles.